The molecule has 8 heteroatoms. The normalized spacial score (nSPS) is 11.4. The molecule has 0 unspecified atom stereocenters. The Bertz CT molecular complexity index is 623. The van der Waals surface area contributed by atoms with E-state index in [1.165, 1.54) is 0 Å². The van der Waals surface area contributed by atoms with E-state index in [1.807, 2.05) is 0 Å². The summed E-state index contributed by atoms with van der Waals surface area (Å²) in [6, 6.07) is 2.15. The first-order valence-electron chi connectivity index (χ1n) is 5.98. The molecule has 21 heavy (non-hydrogen) atoms. The molecule has 0 saturated heterocycles. The van der Waals surface area contributed by atoms with Crippen molar-refractivity contribution in [2.45, 2.75) is 12.7 Å². The summed E-state index contributed by atoms with van der Waals surface area (Å²) in [5.41, 5.74) is -1.70. The van der Waals surface area contributed by atoms with Crippen molar-refractivity contribution in [1.29, 1.82) is 0 Å². The van der Waals surface area contributed by atoms with Crippen LogP contribution in [-0.2, 0) is 12.7 Å². The molecule has 0 atom stereocenters. The third-order valence-corrected chi connectivity index (χ3v) is 2.75. The highest BCUT2D eigenvalue weighted by Gasteiger charge is 2.34. The smallest absolute Gasteiger partial charge is 0.350 e. The number of carbonyl (C=O) groups excluding carboxylic acids is 1. The van der Waals surface area contributed by atoms with Crippen molar-refractivity contribution in [3.8, 4) is 0 Å². The number of hydrogen-bond acceptors (Lipinski definition) is 2. The molecule has 0 aliphatic rings. The molecule has 2 rings (SSSR count). The van der Waals surface area contributed by atoms with Crippen molar-refractivity contribution < 1.29 is 22.4 Å². The van der Waals surface area contributed by atoms with Crippen molar-refractivity contribution in [1.82, 2.24) is 14.9 Å². The number of carbonyl (C=O) groups is 1. The topological polar surface area (TPSA) is 46.9 Å². The Kier molecular flexibility index (Phi) is 4.25. The molecule has 2 aromatic rings. The maximum Gasteiger partial charge on any atom is 0.419 e. The summed E-state index contributed by atoms with van der Waals surface area (Å²) in [5, 5.41) is 2.46. The highest BCUT2D eigenvalue weighted by Crippen LogP contribution is 2.31. The van der Waals surface area contributed by atoms with Crippen molar-refractivity contribution in [2.75, 3.05) is 6.54 Å². The number of benzene rings is 1. The predicted octanol–water partition coefficient (Wildman–Crippen LogP) is 2.47. The lowest BCUT2D eigenvalue weighted by Gasteiger charge is -2.10. The van der Waals surface area contributed by atoms with Crippen LogP contribution in [0.1, 0.15) is 15.9 Å². The summed E-state index contributed by atoms with van der Waals surface area (Å²) < 4.78 is 52.4. The molecule has 0 spiro atoms. The van der Waals surface area contributed by atoms with Gasteiger partial charge < -0.3 is 9.88 Å². The van der Waals surface area contributed by atoms with Gasteiger partial charge in [-0.05, 0) is 18.2 Å². The number of nitrogens with one attached hydrogen (secondary N) is 1. The molecule has 0 bridgehead atoms. The Morgan fingerprint density at radius 3 is 2.71 bits per heavy atom. The Balaban J connectivity index is 2.02. The Labute approximate surface area is 117 Å². The van der Waals surface area contributed by atoms with Gasteiger partial charge in [-0.2, -0.15) is 13.2 Å². The van der Waals surface area contributed by atoms with E-state index in [0.717, 1.165) is 6.07 Å². The number of halogens is 4. The van der Waals surface area contributed by atoms with E-state index in [1.54, 1.807) is 23.3 Å². The molecule has 0 aliphatic carbocycles. The van der Waals surface area contributed by atoms with Crippen molar-refractivity contribution in [3.63, 3.8) is 0 Å². The van der Waals surface area contributed by atoms with E-state index in [2.05, 4.69) is 10.3 Å². The first-order chi connectivity index (χ1) is 9.88. The lowest BCUT2D eigenvalue weighted by atomic mass is 10.1. The minimum Gasteiger partial charge on any atom is -0.350 e. The summed E-state index contributed by atoms with van der Waals surface area (Å²) in [6.07, 6.45) is -0.0355. The van der Waals surface area contributed by atoms with Crippen LogP contribution in [0.15, 0.2) is 36.9 Å². The zero-order valence-corrected chi connectivity index (χ0v) is 10.7. The Hall–Kier alpha value is -2.38. The van der Waals surface area contributed by atoms with Crippen LogP contribution in [0, 0.1) is 5.82 Å². The van der Waals surface area contributed by atoms with Crippen molar-refractivity contribution >= 4 is 5.91 Å². The van der Waals surface area contributed by atoms with Crippen LogP contribution in [0.25, 0.3) is 0 Å². The zero-order valence-electron chi connectivity index (χ0n) is 10.7. The standard InChI is InChI=1S/C13H11F4N3O/c14-11-2-1-9(7-10(11)13(15,16)17)12(21)19-4-6-20-5-3-18-8-20/h1-3,5,7-8H,4,6H2,(H,19,21). The van der Waals surface area contributed by atoms with Crippen LogP contribution in [0.3, 0.4) is 0 Å². The summed E-state index contributed by atoms with van der Waals surface area (Å²) >= 11 is 0. The average molecular weight is 301 g/mol. The van der Waals surface area contributed by atoms with E-state index in [-0.39, 0.29) is 12.1 Å². The largest absolute Gasteiger partial charge is 0.419 e. The van der Waals surface area contributed by atoms with Crippen LogP contribution in [-0.4, -0.2) is 22.0 Å². The molecule has 1 aromatic carbocycles. The molecule has 0 radical (unpaired) electrons. The van der Waals surface area contributed by atoms with Crippen LogP contribution < -0.4 is 5.32 Å². The van der Waals surface area contributed by atoms with Crippen molar-refractivity contribution in [2.24, 2.45) is 0 Å². The fourth-order valence-corrected chi connectivity index (χ4v) is 1.70. The quantitative estimate of drug-likeness (QED) is 0.882. The van der Waals surface area contributed by atoms with Crippen LogP contribution >= 0.6 is 0 Å². The highest BCUT2D eigenvalue weighted by atomic mass is 19.4. The molecular weight excluding hydrogens is 290 g/mol. The van der Waals surface area contributed by atoms with Gasteiger partial charge in [0.1, 0.15) is 5.82 Å². The first kappa shape index (κ1) is 15.0. The number of amides is 1. The maximum absolute atomic E-state index is 13.1. The second-order valence-corrected chi connectivity index (χ2v) is 4.25. The van der Waals surface area contributed by atoms with E-state index in [9.17, 15) is 22.4 Å². The van der Waals surface area contributed by atoms with E-state index >= 15 is 0 Å². The summed E-state index contributed by atoms with van der Waals surface area (Å²) in [6.45, 7) is 0.646. The van der Waals surface area contributed by atoms with Gasteiger partial charge in [-0.15, -0.1) is 0 Å². The van der Waals surface area contributed by atoms with Gasteiger partial charge in [-0.25, -0.2) is 9.37 Å². The monoisotopic (exact) mass is 301 g/mol. The van der Waals surface area contributed by atoms with Crippen LogP contribution in [0.2, 0.25) is 0 Å². The lowest BCUT2D eigenvalue weighted by Crippen LogP contribution is -2.27. The van der Waals surface area contributed by atoms with Gasteiger partial charge in [-0.1, -0.05) is 0 Å². The number of nitrogens with zero attached hydrogens (tertiary/aromatic N) is 2. The van der Waals surface area contributed by atoms with Gasteiger partial charge in [0.2, 0.25) is 0 Å². The molecule has 1 aromatic heterocycles. The highest BCUT2D eigenvalue weighted by molar-refractivity contribution is 5.94. The lowest BCUT2D eigenvalue weighted by molar-refractivity contribution is -0.140. The fourth-order valence-electron chi connectivity index (χ4n) is 1.70. The average Bonchev–Trinajstić information content (AvgIpc) is 2.91. The Morgan fingerprint density at radius 2 is 2.10 bits per heavy atom. The van der Waals surface area contributed by atoms with E-state index < -0.39 is 23.5 Å². The fraction of sp³-hybridized carbons (Fsp3) is 0.231. The molecule has 0 fully saturated rings. The minimum absolute atomic E-state index is 0.216. The summed E-state index contributed by atoms with van der Waals surface area (Å²) in [5.74, 6) is -2.10. The van der Waals surface area contributed by atoms with Gasteiger partial charge in [0.25, 0.3) is 5.91 Å². The van der Waals surface area contributed by atoms with Crippen molar-refractivity contribution in [3.05, 3.63) is 53.9 Å². The third kappa shape index (κ3) is 3.80. The Morgan fingerprint density at radius 1 is 1.33 bits per heavy atom. The molecule has 1 heterocycles. The van der Waals surface area contributed by atoms with E-state index in [4.69, 9.17) is 0 Å². The molecule has 0 aliphatic heterocycles. The summed E-state index contributed by atoms with van der Waals surface area (Å²) in [4.78, 5) is 15.5. The SMILES string of the molecule is O=C(NCCn1ccnc1)c1ccc(F)c(C(F)(F)F)c1. The molecule has 4 nitrogen and oxygen atoms in total. The maximum atomic E-state index is 13.1. The number of alkyl halides is 3. The number of hydrogen-bond donors (Lipinski definition) is 1. The van der Waals surface area contributed by atoms with Gasteiger partial charge >= 0.3 is 6.18 Å². The predicted molar refractivity (Wildman–Crippen MR) is 66.0 cm³/mol. The summed E-state index contributed by atoms with van der Waals surface area (Å²) in [7, 11) is 0. The zero-order chi connectivity index (χ0) is 15.5. The molecular formula is C13H11F4N3O. The second kappa shape index (κ2) is 5.94. The third-order valence-electron chi connectivity index (χ3n) is 2.75. The van der Waals surface area contributed by atoms with Gasteiger partial charge in [0, 0.05) is 31.0 Å². The van der Waals surface area contributed by atoms with Crippen LogP contribution in [0.4, 0.5) is 17.6 Å². The first-order valence-corrected chi connectivity index (χ1v) is 5.98. The number of rotatable bonds is 4. The minimum atomic E-state index is -4.84. The molecule has 1 amide bonds. The number of imidazole rings is 1. The van der Waals surface area contributed by atoms with Gasteiger partial charge in [0.15, 0.2) is 0 Å². The van der Waals surface area contributed by atoms with E-state index in [0.29, 0.717) is 18.7 Å². The van der Waals surface area contributed by atoms with Crippen LogP contribution in [0.5, 0.6) is 0 Å². The second-order valence-electron chi connectivity index (χ2n) is 4.25. The molecule has 1 N–H and O–H groups in total. The molecule has 0 saturated carbocycles. The molecule has 112 valence electrons. The number of aromatic nitrogens is 2. The van der Waals surface area contributed by atoms with Gasteiger partial charge in [0.05, 0.1) is 11.9 Å². The van der Waals surface area contributed by atoms with Gasteiger partial charge in [-0.3, -0.25) is 4.79 Å².